The van der Waals surface area contributed by atoms with Crippen molar-refractivity contribution in [1.82, 2.24) is 0 Å². The molecule has 1 nitrogen and oxygen atoms in total. The van der Waals surface area contributed by atoms with Crippen LogP contribution in [0.3, 0.4) is 0 Å². The van der Waals surface area contributed by atoms with Gasteiger partial charge in [0.25, 0.3) is 0 Å². The fourth-order valence-corrected chi connectivity index (χ4v) is 9.82. The van der Waals surface area contributed by atoms with Gasteiger partial charge in [0.1, 0.15) is 0 Å². The van der Waals surface area contributed by atoms with E-state index < -0.39 is 0 Å². The van der Waals surface area contributed by atoms with Crippen LogP contribution >= 0.6 is 0 Å². The summed E-state index contributed by atoms with van der Waals surface area (Å²) >= 11 is 0. The van der Waals surface area contributed by atoms with Crippen LogP contribution in [0, 0.1) is 0 Å². The predicted molar refractivity (Wildman–Crippen MR) is 263 cm³/mol. The fraction of sp³-hybridized carbons (Fsp3) is 0.0492. The van der Waals surface area contributed by atoms with E-state index in [0.717, 1.165) is 17.1 Å². The van der Waals surface area contributed by atoms with Gasteiger partial charge in [0.15, 0.2) is 0 Å². The van der Waals surface area contributed by atoms with Crippen molar-refractivity contribution in [1.29, 1.82) is 0 Å². The molecule has 0 N–H and O–H groups in total. The van der Waals surface area contributed by atoms with Gasteiger partial charge >= 0.3 is 0 Å². The Kier molecular flexibility index (Phi) is 9.24. The van der Waals surface area contributed by atoms with Crippen molar-refractivity contribution >= 4 is 27.8 Å². The van der Waals surface area contributed by atoms with Crippen LogP contribution in [-0.4, -0.2) is 0 Å². The molecule has 0 heterocycles. The minimum Gasteiger partial charge on any atom is -0.310 e. The average molecular weight is 792 g/mol. The van der Waals surface area contributed by atoms with Gasteiger partial charge in [-0.3, -0.25) is 0 Å². The standard InChI is InChI=1S/C61H45N/c1-61(2)57-28-16-27-53(45-21-10-5-11-22-45)60(57)56-40-38-50(41-58(56)61)62(48-34-29-43(30-35-48)42-17-6-3-7-18-42)49-36-31-47(32-37-49)54-39-33-46-23-12-13-25-52(46)59(54)55-26-15-14-24-51(55)44-19-8-4-9-20-44/h3-41H,1-2H3. The fourth-order valence-electron chi connectivity index (χ4n) is 9.82. The smallest absolute Gasteiger partial charge is 0.0465 e. The number of hydrogen-bond acceptors (Lipinski definition) is 1. The highest BCUT2D eigenvalue weighted by Crippen LogP contribution is 2.54. The third-order valence-corrected chi connectivity index (χ3v) is 12.9. The first-order valence-corrected chi connectivity index (χ1v) is 21.6. The van der Waals surface area contributed by atoms with Gasteiger partial charge in [-0.25, -0.2) is 0 Å². The predicted octanol–water partition coefficient (Wildman–Crippen LogP) is 17.0. The monoisotopic (exact) mass is 791 g/mol. The molecular formula is C61H45N. The Hall–Kier alpha value is -7.74. The van der Waals surface area contributed by atoms with Gasteiger partial charge in [-0.2, -0.15) is 0 Å². The van der Waals surface area contributed by atoms with Crippen molar-refractivity contribution < 1.29 is 0 Å². The lowest BCUT2D eigenvalue weighted by atomic mass is 9.81. The second-order valence-electron chi connectivity index (χ2n) is 16.9. The highest BCUT2D eigenvalue weighted by Gasteiger charge is 2.37. The second kappa shape index (κ2) is 15.4. The molecule has 0 atom stereocenters. The van der Waals surface area contributed by atoms with E-state index in [0.29, 0.717) is 0 Å². The van der Waals surface area contributed by atoms with E-state index in [1.165, 1.54) is 88.7 Å². The van der Waals surface area contributed by atoms with E-state index in [4.69, 9.17) is 0 Å². The highest BCUT2D eigenvalue weighted by molar-refractivity contribution is 6.07. The topological polar surface area (TPSA) is 3.24 Å². The van der Waals surface area contributed by atoms with Gasteiger partial charge in [-0.15, -0.1) is 0 Å². The van der Waals surface area contributed by atoms with E-state index in [-0.39, 0.29) is 5.41 Å². The number of hydrogen-bond donors (Lipinski definition) is 0. The quantitative estimate of drug-likeness (QED) is 0.148. The summed E-state index contributed by atoms with van der Waals surface area (Å²) in [7, 11) is 0. The van der Waals surface area contributed by atoms with E-state index in [9.17, 15) is 0 Å². The molecule has 0 amide bonds. The molecule has 0 bridgehead atoms. The second-order valence-corrected chi connectivity index (χ2v) is 16.9. The number of rotatable bonds is 8. The van der Waals surface area contributed by atoms with Crippen molar-refractivity contribution in [2.75, 3.05) is 4.90 Å². The zero-order chi connectivity index (χ0) is 41.6. The van der Waals surface area contributed by atoms with E-state index in [2.05, 4.69) is 255 Å². The molecule has 0 unspecified atom stereocenters. The van der Waals surface area contributed by atoms with E-state index in [1.54, 1.807) is 0 Å². The van der Waals surface area contributed by atoms with Crippen LogP contribution in [0.1, 0.15) is 25.0 Å². The van der Waals surface area contributed by atoms with Crippen molar-refractivity contribution in [3.8, 4) is 66.8 Å². The van der Waals surface area contributed by atoms with Gasteiger partial charge in [0.2, 0.25) is 0 Å². The maximum absolute atomic E-state index is 2.44. The summed E-state index contributed by atoms with van der Waals surface area (Å²) in [6, 6.07) is 86.5. The van der Waals surface area contributed by atoms with Crippen molar-refractivity contribution in [3.05, 3.63) is 248 Å². The van der Waals surface area contributed by atoms with E-state index in [1.807, 2.05) is 0 Å². The number of benzene rings is 10. The normalized spacial score (nSPS) is 12.5. The zero-order valence-corrected chi connectivity index (χ0v) is 35.0. The van der Waals surface area contributed by atoms with Crippen molar-refractivity contribution in [3.63, 3.8) is 0 Å². The van der Waals surface area contributed by atoms with Crippen LogP contribution in [0.25, 0.3) is 77.5 Å². The molecule has 10 aromatic rings. The lowest BCUT2D eigenvalue weighted by Crippen LogP contribution is -2.16. The van der Waals surface area contributed by atoms with Gasteiger partial charge < -0.3 is 4.90 Å². The first-order valence-electron chi connectivity index (χ1n) is 21.6. The molecule has 294 valence electrons. The Morgan fingerprint density at radius 1 is 0.290 bits per heavy atom. The van der Waals surface area contributed by atoms with Crippen LogP contribution in [0.15, 0.2) is 237 Å². The molecule has 11 rings (SSSR count). The molecule has 62 heavy (non-hydrogen) atoms. The molecular weight excluding hydrogens is 747 g/mol. The Labute approximate surface area is 364 Å². The third kappa shape index (κ3) is 6.42. The van der Waals surface area contributed by atoms with Crippen LogP contribution in [-0.2, 0) is 5.41 Å². The summed E-state index contributed by atoms with van der Waals surface area (Å²) in [5.41, 5.74) is 20.8. The minimum atomic E-state index is -0.180. The Balaban J connectivity index is 1.05. The van der Waals surface area contributed by atoms with Gasteiger partial charge in [0, 0.05) is 22.5 Å². The van der Waals surface area contributed by atoms with Crippen molar-refractivity contribution in [2.45, 2.75) is 19.3 Å². The third-order valence-electron chi connectivity index (χ3n) is 12.9. The SMILES string of the molecule is CC1(C)c2cc(N(c3ccc(-c4ccccc4)cc3)c3ccc(-c4ccc5ccccc5c4-c4ccccc4-c4ccccc4)cc3)ccc2-c2c(-c3ccccc3)cccc21. The maximum atomic E-state index is 2.44. The Bertz CT molecular complexity index is 3220. The summed E-state index contributed by atoms with van der Waals surface area (Å²) in [6.07, 6.45) is 0. The van der Waals surface area contributed by atoms with Gasteiger partial charge in [0.05, 0.1) is 0 Å². The number of fused-ring (bicyclic) bond motifs is 4. The molecule has 1 aliphatic rings. The van der Waals surface area contributed by atoms with Crippen molar-refractivity contribution in [2.24, 2.45) is 0 Å². The first kappa shape index (κ1) is 37.3. The molecule has 1 aliphatic carbocycles. The van der Waals surface area contributed by atoms with Gasteiger partial charge in [-0.05, 0) is 125 Å². The van der Waals surface area contributed by atoms with E-state index >= 15 is 0 Å². The van der Waals surface area contributed by atoms with Gasteiger partial charge in [-0.1, -0.05) is 214 Å². The van der Waals surface area contributed by atoms with Crippen LogP contribution in [0.2, 0.25) is 0 Å². The minimum absolute atomic E-state index is 0.180. The van der Waals surface area contributed by atoms with Crippen LogP contribution < -0.4 is 4.90 Å². The molecule has 0 fully saturated rings. The first-order chi connectivity index (χ1) is 30.5. The zero-order valence-electron chi connectivity index (χ0n) is 35.0. The molecule has 0 spiro atoms. The lowest BCUT2D eigenvalue weighted by molar-refractivity contribution is 0.660. The number of anilines is 3. The highest BCUT2D eigenvalue weighted by atomic mass is 15.1. The summed E-state index contributed by atoms with van der Waals surface area (Å²) in [5.74, 6) is 0. The molecule has 0 radical (unpaired) electrons. The summed E-state index contributed by atoms with van der Waals surface area (Å²) in [5, 5.41) is 2.48. The Morgan fingerprint density at radius 2 is 0.758 bits per heavy atom. The molecule has 0 saturated heterocycles. The molecule has 1 heteroatoms. The maximum Gasteiger partial charge on any atom is 0.0465 e. The Morgan fingerprint density at radius 3 is 1.44 bits per heavy atom. The molecule has 0 saturated carbocycles. The molecule has 0 aliphatic heterocycles. The summed E-state index contributed by atoms with van der Waals surface area (Å²) < 4.78 is 0. The van der Waals surface area contributed by atoms with Crippen LogP contribution in [0.5, 0.6) is 0 Å². The molecule has 10 aromatic carbocycles. The van der Waals surface area contributed by atoms with Crippen LogP contribution in [0.4, 0.5) is 17.1 Å². The lowest BCUT2D eigenvalue weighted by Gasteiger charge is -2.28. The summed E-state index contributed by atoms with van der Waals surface area (Å²) in [6.45, 7) is 4.75. The average Bonchev–Trinajstić information content (AvgIpc) is 3.57. The number of nitrogens with zero attached hydrogens (tertiary/aromatic N) is 1. The molecule has 0 aromatic heterocycles. The largest absolute Gasteiger partial charge is 0.310 e. The summed E-state index contributed by atoms with van der Waals surface area (Å²) in [4.78, 5) is 2.42.